The second-order valence-electron chi connectivity index (χ2n) is 7.10. The molecule has 0 aromatic rings. The fourth-order valence-corrected chi connectivity index (χ4v) is 5.28. The largest absolute Gasteiger partial charge is 0.389 e. The number of aliphatic hydroxyl groups excluding tert-OH is 1. The molecule has 0 saturated heterocycles. The van der Waals surface area contributed by atoms with Crippen molar-refractivity contribution in [1.82, 2.24) is 0 Å². The standard InChI is InChI=1S/C15H24O3/c1-9(2)13(18-17)14(16)15-6-10-3-11(7-15)5-12(4-10)8-15/h10-14,16-17H,1,3-8H2,2H3/t10?,11?,12?,13-,14+,15?/m0/s1. The average Bonchev–Trinajstić information content (AvgIpc) is 2.27. The molecule has 4 saturated carbocycles. The van der Waals surface area contributed by atoms with Gasteiger partial charge in [-0.3, -0.25) is 5.26 Å². The van der Waals surface area contributed by atoms with E-state index in [1.54, 1.807) is 0 Å². The highest BCUT2D eigenvalue weighted by Gasteiger charge is 2.55. The Kier molecular flexibility index (Phi) is 3.04. The van der Waals surface area contributed by atoms with Gasteiger partial charge in [0.05, 0.1) is 6.10 Å². The zero-order valence-electron chi connectivity index (χ0n) is 11.1. The van der Waals surface area contributed by atoms with Crippen LogP contribution in [0, 0.1) is 23.2 Å². The molecular weight excluding hydrogens is 228 g/mol. The number of hydrogen-bond donors (Lipinski definition) is 2. The van der Waals surface area contributed by atoms with E-state index in [-0.39, 0.29) is 5.41 Å². The van der Waals surface area contributed by atoms with Crippen molar-refractivity contribution in [2.75, 3.05) is 0 Å². The normalized spacial score (nSPS) is 44.9. The molecule has 4 aliphatic carbocycles. The van der Waals surface area contributed by atoms with Crippen LogP contribution in [0.5, 0.6) is 0 Å². The van der Waals surface area contributed by atoms with Gasteiger partial charge in [0.2, 0.25) is 0 Å². The summed E-state index contributed by atoms with van der Waals surface area (Å²) in [5.74, 6) is 2.36. The summed E-state index contributed by atoms with van der Waals surface area (Å²) in [5, 5.41) is 19.7. The van der Waals surface area contributed by atoms with Crippen LogP contribution < -0.4 is 0 Å². The predicted molar refractivity (Wildman–Crippen MR) is 68.9 cm³/mol. The maximum absolute atomic E-state index is 10.7. The van der Waals surface area contributed by atoms with Crippen molar-refractivity contribution in [3.8, 4) is 0 Å². The zero-order chi connectivity index (χ0) is 12.9. The fraction of sp³-hybridized carbons (Fsp3) is 0.867. The minimum atomic E-state index is -0.624. The summed E-state index contributed by atoms with van der Waals surface area (Å²) in [5.41, 5.74) is 0.682. The number of hydrogen-bond acceptors (Lipinski definition) is 3. The van der Waals surface area contributed by atoms with Gasteiger partial charge in [-0.2, -0.15) is 0 Å². The molecule has 0 aromatic carbocycles. The summed E-state index contributed by atoms with van der Waals surface area (Å²) in [6.07, 6.45) is 6.14. The number of rotatable bonds is 4. The van der Waals surface area contributed by atoms with Crippen molar-refractivity contribution in [2.24, 2.45) is 23.2 Å². The summed E-state index contributed by atoms with van der Waals surface area (Å²) in [6, 6.07) is 0. The van der Waals surface area contributed by atoms with Crippen LogP contribution in [0.25, 0.3) is 0 Å². The predicted octanol–water partition coefficient (Wildman–Crippen LogP) is 3.00. The van der Waals surface area contributed by atoms with Crippen LogP contribution in [0.4, 0.5) is 0 Å². The molecule has 0 spiro atoms. The molecule has 0 amide bonds. The lowest BCUT2D eigenvalue weighted by Crippen LogP contribution is -2.55. The van der Waals surface area contributed by atoms with Crippen LogP contribution in [0.1, 0.15) is 45.4 Å². The highest BCUT2D eigenvalue weighted by atomic mass is 17.1. The Balaban J connectivity index is 1.84. The summed E-state index contributed by atoms with van der Waals surface area (Å²) < 4.78 is 0. The summed E-state index contributed by atoms with van der Waals surface area (Å²) >= 11 is 0. The van der Waals surface area contributed by atoms with Gasteiger partial charge in [0.25, 0.3) is 0 Å². The van der Waals surface area contributed by atoms with Gasteiger partial charge in [0.15, 0.2) is 0 Å². The van der Waals surface area contributed by atoms with E-state index < -0.39 is 12.2 Å². The van der Waals surface area contributed by atoms with Crippen molar-refractivity contribution >= 4 is 0 Å². The maximum atomic E-state index is 10.7. The number of aliphatic hydroxyl groups is 1. The molecule has 4 fully saturated rings. The fourth-order valence-electron chi connectivity index (χ4n) is 5.28. The molecule has 0 heterocycles. The van der Waals surface area contributed by atoms with Gasteiger partial charge in [0.1, 0.15) is 6.10 Å². The SMILES string of the molecule is C=C(C)[C@H](OO)[C@@H](O)C12CC3CC(CC(C3)C1)C2. The highest BCUT2D eigenvalue weighted by Crippen LogP contribution is 2.61. The van der Waals surface area contributed by atoms with Crippen LogP contribution in [0.15, 0.2) is 12.2 Å². The summed E-state index contributed by atoms with van der Waals surface area (Å²) in [7, 11) is 0. The lowest BCUT2D eigenvalue weighted by atomic mass is 9.47. The van der Waals surface area contributed by atoms with E-state index in [2.05, 4.69) is 11.5 Å². The van der Waals surface area contributed by atoms with E-state index in [4.69, 9.17) is 5.26 Å². The Morgan fingerprint density at radius 3 is 1.94 bits per heavy atom. The Morgan fingerprint density at radius 1 is 1.17 bits per heavy atom. The van der Waals surface area contributed by atoms with E-state index in [9.17, 15) is 5.11 Å². The summed E-state index contributed by atoms with van der Waals surface area (Å²) in [4.78, 5) is 4.51. The Bertz CT molecular complexity index is 314. The molecule has 4 aliphatic rings. The molecule has 0 aromatic heterocycles. The Hall–Kier alpha value is -0.380. The van der Waals surface area contributed by atoms with Crippen molar-refractivity contribution in [3.63, 3.8) is 0 Å². The third kappa shape index (κ3) is 1.84. The monoisotopic (exact) mass is 252 g/mol. The topological polar surface area (TPSA) is 49.7 Å². The Morgan fingerprint density at radius 2 is 1.61 bits per heavy atom. The first kappa shape index (κ1) is 12.6. The molecule has 102 valence electrons. The van der Waals surface area contributed by atoms with Crippen LogP contribution in [-0.2, 0) is 4.89 Å². The lowest BCUT2D eigenvalue weighted by molar-refractivity contribution is -0.302. The summed E-state index contributed by atoms with van der Waals surface area (Å²) in [6.45, 7) is 5.64. The van der Waals surface area contributed by atoms with Gasteiger partial charge in [-0.15, -0.1) is 0 Å². The van der Waals surface area contributed by atoms with Crippen molar-refractivity contribution in [2.45, 2.75) is 57.7 Å². The van der Waals surface area contributed by atoms with Crippen molar-refractivity contribution in [1.29, 1.82) is 0 Å². The lowest BCUT2D eigenvalue weighted by Gasteiger charge is -2.59. The van der Waals surface area contributed by atoms with Crippen LogP contribution in [0.2, 0.25) is 0 Å². The molecule has 0 aliphatic heterocycles. The van der Waals surface area contributed by atoms with Crippen LogP contribution in [0.3, 0.4) is 0 Å². The minimum absolute atomic E-state index is 0.0267. The van der Waals surface area contributed by atoms with Crippen molar-refractivity contribution in [3.05, 3.63) is 12.2 Å². The van der Waals surface area contributed by atoms with Gasteiger partial charge in [-0.25, -0.2) is 4.89 Å². The molecule has 3 nitrogen and oxygen atoms in total. The molecule has 2 atom stereocenters. The first-order chi connectivity index (χ1) is 8.54. The van der Waals surface area contributed by atoms with Gasteiger partial charge in [-0.1, -0.05) is 6.58 Å². The first-order valence-corrected chi connectivity index (χ1v) is 7.18. The molecule has 2 N–H and O–H groups in total. The van der Waals surface area contributed by atoms with Gasteiger partial charge >= 0.3 is 0 Å². The minimum Gasteiger partial charge on any atom is -0.389 e. The zero-order valence-corrected chi connectivity index (χ0v) is 11.1. The second-order valence-corrected chi connectivity index (χ2v) is 7.10. The average molecular weight is 252 g/mol. The third-order valence-electron chi connectivity index (χ3n) is 5.60. The molecule has 18 heavy (non-hydrogen) atoms. The Labute approximate surface area is 109 Å². The quantitative estimate of drug-likeness (QED) is 0.459. The smallest absolute Gasteiger partial charge is 0.139 e. The molecule has 0 unspecified atom stereocenters. The second kappa shape index (κ2) is 4.32. The first-order valence-electron chi connectivity index (χ1n) is 7.18. The molecule has 0 radical (unpaired) electrons. The van der Waals surface area contributed by atoms with E-state index >= 15 is 0 Å². The van der Waals surface area contributed by atoms with E-state index in [1.165, 1.54) is 19.3 Å². The third-order valence-corrected chi connectivity index (χ3v) is 5.60. The molecule has 3 heteroatoms. The van der Waals surface area contributed by atoms with E-state index in [0.29, 0.717) is 5.57 Å². The maximum Gasteiger partial charge on any atom is 0.139 e. The molecular formula is C15H24O3. The van der Waals surface area contributed by atoms with Gasteiger partial charge in [0, 0.05) is 5.41 Å². The van der Waals surface area contributed by atoms with Crippen LogP contribution in [-0.4, -0.2) is 22.6 Å². The van der Waals surface area contributed by atoms with E-state index in [1.807, 2.05) is 6.92 Å². The van der Waals surface area contributed by atoms with Gasteiger partial charge < -0.3 is 5.11 Å². The van der Waals surface area contributed by atoms with Crippen LogP contribution >= 0.6 is 0 Å². The molecule has 4 bridgehead atoms. The molecule has 4 rings (SSSR count). The van der Waals surface area contributed by atoms with Crippen molar-refractivity contribution < 1.29 is 15.3 Å². The van der Waals surface area contributed by atoms with E-state index in [0.717, 1.165) is 37.0 Å². The van der Waals surface area contributed by atoms with Gasteiger partial charge in [-0.05, 0) is 68.8 Å². The highest BCUT2D eigenvalue weighted by molar-refractivity contribution is 5.11.